The Morgan fingerprint density at radius 3 is 2.13 bits per heavy atom. The molecule has 3 aromatic carbocycles. The first-order chi connectivity index (χ1) is 26.6. The molecule has 2 N–H and O–H groups in total. The van der Waals surface area contributed by atoms with Crippen LogP contribution in [0.15, 0.2) is 54.6 Å². The SMILES string of the molecule is [C-]#[N+]c1ccc(N(C)C2CCC(NC(=O)c3ccc(OC4CCC(N5Cc6cc7c(cc6C5)C(=O)N([C@H]5CCC(=O)NC5=O)C7=O)CC4)cc3)CC2)cc1Cl. The van der Waals surface area contributed by atoms with Crippen molar-refractivity contribution >= 4 is 52.5 Å². The summed E-state index contributed by atoms with van der Waals surface area (Å²) in [6.07, 6.45) is 7.67. The lowest BCUT2D eigenvalue weighted by atomic mass is 9.90. The number of nitrogens with zero attached hydrogens (tertiary/aromatic N) is 4. The van der Waals surface area contributed by atoms with Gasteiger partial charge in [0.2, 0.25) is 17.5 Å². The monoisotopic (exact) mass is 762 g/mol. The Hall–Kier alpha value is -5.25. The van der Waals surface area contributed by atoms with Gasteiger partial charge in [0, 0.05) is 61.0 Å². The molecule has 13 heteroatoms. The molecule has 0 spiro atoms. The fraction of sp³-hybridized carbons (Fsp3) is 0.429. The van der Waals surface area contributed by atoms with Crippen molar-refractivity contribution in [3.05, 3.63) is 98.9 Å². The summed E-state index contributed by atoms with van der Waals surface area (Å²) in [4.78, 5) is 72.9. The van der Waals surface area contributed by atoms with E-state index in [1.807, 2.05) is 48.5 Å². The van der Waals surface area contributed by atoms with Gasteiger partial charge in [-0.15, -0.1) is 0 Å². The van der Waals surface area contributed by atoms with E-state index in [0.29, 0.717) is 52.6 Å². The summed E-state index contributed by atoms with van der Waals surface area (Å²) in [6.45, 7) is 8.60. The Balaban J connectivity index is 0.784. The summed E-state index contributed by atoms with van der Waals surface area (Å²) < 4.78 is 6.35. The van der Waals surface area contributed by atoms with Crippen LogP contribution in [0.5, 0.6) is 5.75 Å². The molecule has 8 rings (SSSR count). The Bertz CT molecular complexity index is 2050. The van der Waals surface area contributed by atoms with Gasteiger partial charge in [-0.25, -0.2) is 4.85 Å². The Labute approximate surface area is 324 Å². The molecule has 3 fully saturated rings. The van der Waals surface area contributed by atoms with Crippen molar-refractivity contribution in [2.24, 2.45) is 0 Å². The first kappa shape index (κ1) is 36.7. The van der Waals surface area contributed by atoms with E-state index in [0.717, 1.165) is 78.8 Å². The van der Waals surface area contributed by atoms with Crippen LogP contribution in [0.4, 0.5) is 11.4 Å². The van der Waals surface area contributed by atoms with Crippen molar-refractivity contribution in [3.63, 3.8) is 0 Å². The van der Waals surface area contributed by atoms with Gasteiger partial charge in [-0.05, 0) is 117 Å². The third kappa shape index (κ3) is 7.31. The third-order valence-electron chi connectivity index (χ3n) is 12.1. The predicted molar refractivity (Wildman–Crippen MR) is 205 cm³/mol. The number of rotatable bonds is 8. The van der Waals surface area contributed by atoms with Gasteiger partial charge < -0.3 is 15.0 Å². The number of amides is 5. The number of imide groups is 2. The van der Waals surface area contributed by atoms with Gasteiger partial charge in [-0.2, -0.15) is 0 Å². The molecular weight excluding hydrogens is 720 g/mol. The zero-order chi connectivity index (χ0) is 38.4. The summed E-state index contributed by atoms with van der Waals surface area (Å²) in [5, 5.41) is 5.92. The lowest BCUT2D eigenvalue weighted by molar-refractivity contribution is -0.136. The molecule has 0 aromatic heterocycles. The molecule has 5 amide bonds. The number of carbonyl (C=O) groups excluding carboxylic acids is 5. The minimum Gasteiger partial charge on any atom is -0.490 e. The van der Waals surface area contributed by atoms with E-state index < -0.39 is 29.7 Å². The highest BCUT2D eigenvalue weighted by Gasteiger charge is 2.45. The molecule has 55 heavy (non-hydrogen) atoms. The van der Waals surface area contributed by atoms with Crippen LogP contribution in [-0.2, 0) is 22.7 Å². The highest BCUT2D eigenvalue weighted by Crippen LogP contribution is 2.37. The van der Waals surface area contributed by atoms with Crippen LogP contribution >= 0.6 is 11.6 Å². The minimum absolute atomic E-state index is 0.0770. The van der Waals surface area contributed by atoms with Gasteiger partial charge in [0.1, 0.15) is 11.8 Å². The van der Waals surface area contributed by atoms with E-state index in [1.54, 1.807) is 6.07 Å². The van der Waals surface area contributed by atoms with Crippen LogP contribution in [0, 0.1) is 6.57 Å². The molecule has 2 saturated carbocycles. The maximum absolute atomic E-state index is 13.3. The molecule has 5 aliphatic rings. The summed E-state index contributed by atoms with van der Waals surface area (Å²) in [5.74, 6) is -1.28. The summed E-state index contributed by atoms with van der Waals surface area (Å²) >= 11 is 6.27. The molecule has 3 heterocycles. The first-order valence-corrected chi connectivity index (χ1v) is 19.5. The van der Waals surface area contributed by atoms with Gasteiger partial charge >= 0.3 is 0 Å². The van der Waals surface area contributed by atoms with Gasteiger partial charge in [0.25, 0.3) is 17.7 Å². The molecule has 284 valence electrons. The highest BCUT2D eigenvalue weighted by molar-refractivity contribution is 6.33. The van der Waals surface area contributed by atoms with Gasteiger partial charge in [0.15, 0.2) is 0 Å². The van der Waals surface area contributed by atoms with E-state index in [1.165, 1.54) is 0 Å². The number of anilines is 1. The number of hydrogen-bond acceptors (Lipinski definition) is 8. The maximum atomic E-state index is 13.3. The molecule has 1 saturated heterocycles. The fourth-order valence-corrected chi connectivity index (χ4v) is 9.17. The van der Waals surface area contributed by atoms with E-state index >= 15 is 0 Å². The van der Waals surface area contributed by atoms with E-state index in [-0.39, 0.29) is 30.9 Å². The quantitative estimate of drug-likeness (QED) is 0.206. The zero-order valence-electron chi connectivity index (χ0n) is 30.7. The molecule has 3 aromatic rings. The molecule has 2 aliphatic carbocycles. The second kappa shape index (κ2) is 15.1. The topological polar surface area (TPSA) is 133 Å². The van der Waals surface area contributed by atoms with E-state index in [9.17, 15) is 24.0 Å². The number of halogens is 1. The number of carbonyl (C=O) groups is 5. The molecule has 1 atom stereocenters. The Morgan fingerprint density at radius 2 is 1.53 bits per heavy atom. The average molecular weight is 763 g/mol. The third-order valence-corrected chi connectivity index (χ3v) is 12.4. The van der Waals surface area contributed by atoms with Crippen molar-refractivity contribution in [2.75, 3.05) is 11.9 Å². The highest BCUT2D eigenvalue weighted by atomic mass is 35.5. The number of benzene rings is 3. The van der Waals surface area contributed by atoms with Gasteiger partial charge in [0.05, 0.1) is 23.8 Å². The minimum atomic E-state index is -0.967. The van der Waals surface area contributed by atoms with Crippen LogP contribution in [0.2, 0.25) is 5.02 Å². The van der Waals surface area contributed by atoms with E-state index in [2.05, 4.69) is 32.3 Å². The molecule has 0 radical (unpaired) electrons. The summed E-state index contributed by atoms with van der Waals surface area (Å²) in [5.41, 5.74) is 4.76. The Morgan fingerprint density at radius 1 is 0.873 bits per heavy atom. The molecule has 0 bridgehead atoms. The van der Waals surface area contributed by atoms with Crippen molar-refractivity contribution in [1.29, 1.82) is 0 Å². The second-order valence-electron chi connectivity index (χ2n) is 15.4. The van der Waals surface area contributed by atoms with Crippen molar-refractivity contribution in [1.82, 2.24) is 20.4 Å². The largest absolute Gasteiger partial charge is 0.490 e. The summed E-state index contributed by atoms with van der Waals surface area (Å²) in [6, 6.07) is 16.4. The van der Waals surface area contributed by atoms with Crippen LogP contribution in [0.1, 0.15) is 106 Å². The Kier molecular flexibility index (Phi) is 10.1. The number of fused-ring (bicyclic) bond motifs is 2. The number of hydrogen-bond donors (Lipinski definition) is 2. The molecular formula is C42H43ClN6O6. The van der Waals surface area contributed by atoms with Crippen LogP contribution in [0.25, 0.3) is 4.85 Å². The number of piperidine rings is 1. The van der Waals surface area contributed by atoms with Crippen LogP contribution in [0.3, 0.4) is 0 Å². The summed E-state index contributed by atoms with van der Waals surface area (Å²) in [7, 11) is 2.05. The maximum Gasteiger partial charge on any atom is 0.262 e. The van der Waals surface area contributed by atoms with Crippen LogP contribution < -0.4 is 20.3 Å². The zero-order valence-corrected chi connectivity index (χ0v) is 31.4. The van der Waals surface area contributed by atoms with Gasteiger partial charge in [-0.1, -0.05) is 17.7 Å². The number of ether oxygens (including phenoxy) is 1. The van der Waals surface area contributed by atoms with Crippen molar-refractivity contribution < 1.29 is 28.7 Å². The van der Waals surface area contributed by atoms with E-state index in [4.69, 9.17) is 22.9 Å². The fourth-order valence-electron chi connectivity index (χ4n) is 8.95. The van der Waals surface area contributed by atoms with Crippen molar-refractivity contribution in [2.45, 2.75) is 108 Å². The molecule has 12 nitrogen and oxygen atoms in total. The van der Waals surface area contributed by atoms with Gasteiger partial charge in [-0.3, -0.25) is 39.1 Å². The van der Waals surface area contributed by atoms with Crippen LogP contribution in [-0.4, -0.2) is 76.7 Å². The first-order valence-electron chi connectivity index (χ1n) is 19.1. The lowest BCUT2D eigenvalue weighted by Gasteiger charge is -2.36. The average Bonchev–Trinajstić information content (AvgIpc) is 3.71. The molecule has 3 aliphatic heterocycles. The number of nitrogens with one attached hydrogen (secondary N) is 2. The predicted octanol–water partition coefficient (Wildman–Crippen LogP) is 6.18. The van der Waals surface area contributed by atoms with Crippen molar-refractivity contribution in [3.8, 4) is 5.75 Å². The lowest BCUT2D eigenvalue weighted by Crippen LogP contribution is -2.54. The second-order valence-corrected chi connectivity index (χ2v) is 15.8. The molecule has 0 unspecified atom stereocenters. The standard InChI is InChI=1S/C42H43ClN6O6/c1-44-36-16-11-30(21-35(36)43)47(2)28-7-5-27(6-8-28)45-39(51)24-3-12-31(13-4-24)55-32-14-9-29(10-15-32)48-22-25-19-33-34(20-26(25)23-48)42(54)49(41(33)53)37-17-18-38(50)46-40(37)52/h3-4,11-13,16,19-21,27-29,32,37H,5-10,14-15,17-18,22-23H2,2H3,(H,45,51)(H,46,50,52)/t27?,28?,29?,32?,37-/m0/s1. The smallest absolute Gasteiger partial charge is 0.262 e. The normalized spacial score (nSPS) is 25.2.